The normalized spacial score (nSPS) is 19.7. The highest BCUT2D eigenvalue weighted by atomic mass is 16.6. The van der Waals surface area contributed by atoms with Gasteiger partial charge in [-0.3, -0.25) is 9.69 Å². The van der Waals surface area contributed by atoms with Crippen LogP contribution < -0.4 is 0 Å². The van der Waals surface area contributed by atoms with Gasteiger partial charge in [0.15, 0.2) is 0 Å². The summed E-state index contributed by atoms with van der Waals surface area (Å²) in [5.41, 5.74) is -0.136. The molecule has 0 bridgehead atoms. The smallest absolute Gasteiger partial charge is 0.410 e. The molecule has 1 heterocycles. The number of carbonyl (C=O) groups excluding carboxylic acids is 2. The average molecular weight is 350 g/mol. The molecule has 0 radical (unpaired) electrons. The fraction of sp³-hybridized carbons (Fsp3) is 0.556. The van der Waals surface area contributed by atoms with Crippen molar-refractivity contribution in [3.05, 3.63) is 35.9 Å². The second-order valence-electron chi connectivity index (χ2n) is 6.31. The second-order valence-corrected chi connectivity index (χ2v) is 6.31. The van der Waals surface area contributed by atoms with E-state index in [1.54, 1.807) is 6.92 Å². The number of ether oxygens (including phenoxy) is 1. The zero-order valence-corrected chi connectivity index (χ0v) is 14.6. The molecular formula is C18H26N2O5. The van der Waals surface area contributed by atoms with Crippen LogP contribution in [0.15, 0.2) is 30.3 Å². The fourth-order valence-electron chi connectivity index (χ4n) is 3.17. The maximum atomic E-state index is 12.9. The Labute approximate surface area is 147 Å². The van der Waals surface area contributed by atoms with Gasteiger partial charge < -0.3 is 19.8 Å². The van der Waals surface area contributed by atoms with Crippen molar-refractivity contribution in [1.82, 2.24) is 9.80 Å². The number of hydrogen-bond donors (Lipinski definition) is 2. The van der Waals surface area contributed by atoms with Crippen molar-refractivity contribution in [3.8, 4) is 0 Å². The Morgan fingerprint density at radius 1 is 1.20 bits per heavy atom. The lowest BCUT2D eigenvalue weighted by molar-refractivity contribution is -0.142. The number of nitrogens with zero attached hydrogens (tertiary/aromatic N) is 2. The third-order valence-electron chi connectivity index (χ3n) is 4.55. The molecule has 7 nitrogen and oxygen atoms in total. The molecule has 138 valence electrons. The Morgan fingerprint density at radius 2 is 1.84 bits per heavy atom. The van der Waals surface area contributed by atoms with Crippen molar-refractivity contribution >= 4 is 12.0 Å². The molecule has 7 heteroatoms. The molecule has 1 aromatic carbocycles. The molecule has 1 unspecified atom stereocenters. The first-order valence-corrected chi connectivity index (χ1v) is 8.52. The van der Waals surface area contributed by atoms with E-state index in [1.807, 2.05) is 30.3 Å². The number of amides is 2. The van der Waals surface area contributed by atoms with Gasteiger partial charge in [0.1, 0.15) is 12.1 Å². The van der Waals surface area contributed by atoms with Crippen LogP contribution >= 0.6 is 0 Å². The van der Waals surface area contributed by atoms with E-state index in [0.29, 0.717) is 19.4 Å². The summed E-state index contributed by atoms with van der Waals surface area (Å²) >= 11 is 0. The topological polar surface area (TPSA) is 90.3 Å². The number of hydrogen-bond acceptors (Lipinski definition) is 5. The molecule has 0 aliphatic carbocycles. The van der Waals surface area contributed by atoms with E-state index in [2.05, 4.69) is 0 Å². The summed E-state index contributed by atoms with van der Waals surface area (Å²) < 4.78 is 5.37. The third kappa shape index (κ3) is 4.49. The maximum absolute atomic E-state index is 12.9. The third-order valence-corrected chi connectivity index (χ3v) is 4.55. The summed E-state index contributed by atoms with van der Waals surface area (Å²) in [6.07, 6.45) is 0.708. The molecule has 2 N–H and O–H groups in total. The van der Waals surface area contributed by atoms with Gasteiger partial charge in [0, 0.05) is 19.6 Å². The average Bonchev–Trinajstić information content (AvgIpc) is 3.03. The lowest BCUT2D eigenvalue weighted by atomic mass is 9.97. The van der Waals surface area contributed by atoms with Gasteiger partial charge in [0.05, 0.1) is 13.2 Å². The van der Waals surface area contributed by atoms with Crippen LogP contribution in [0, 0.1) is 0 Å². The number of aliphatic hydroxyl groups excluding tert-OH is 2. The summed E-state index contributed by atoms with van der Waals surface area (Å²) in [7, 11) is 0. The first-order chi connectivity index (χ1) is 12.0. The van der Waals surface area contributed by atoms with Gasteiger partial charge >= 0.3 is 6.09 Å². The van der Waals surface area contributed by atoms with Crippen molar-refractivity contribution < 1.29 is 24.5 Å². The molecule has 1 fully saturated rings. The lowest BCUT2D eigenvalue weighted by Crippen LogP contribution is -2.57. The lowest BCUT2D eigenvalue weighted by Gasteiger charge is -2.37. The minimum Gasteiger partial charge on any atom is -0.445 e. The van der Waals surface area contributed by atoms with Gasteiger partial charge in [-0.15, -0.1) is 0 Å². The Balaban J connectivity index is 2.05. The number of aliphatic hydroxyl groups is 2. The van der Waals surface area contributed by atoms with Crippen LogP contribution in [-0.2, 0) is 16.1 Å². The van der Waals surface area contributed by atoms with Gasteiger partial charge in [0.25, 0.3) is 0 Å². The van der Waals surface area contributed by atoms with Crippen molar-refractivity contribution in [2.45, 2.75) is 31.9 Å². The van der Waals surface area contributed by atoms with Crippen LogP contribution in [0.3, 0.4) is 0 Å². The number of benzene rings is 1. The van der Waals surface area contributed by atoms with Crippen LogP contribution in [0.1, 0.15) is 25.3 Å². The molecule has 1 aliphatic heterocycles. The SMILES string of the molecule is CC1(C(=O)N(CCO)CCO)CCCN1C(=O)OCc1ccccc1. The van der Waals surface area contributed by atoms with E-state index in [-0.39, 0.29) is 38.8 Å². The minimum absolute atomic E-state index is 0.127. The van der Waals surface area contributed by atoms with Crippen LogP contribution in [0.5, 0.6) is 0 Å². The molecular weight excluding hydrogens is 324 g/mol. The molecule has 1 aliphatic rings. The molecule has 0 saturated carbocycles. The molecule has 2 rings (SSSR count). The standard InChI is InChI=1S/C18H26N2O5/c1-18(16(23)19(10-12-21)11-13-22)8-5-9-20(18)17(24)25-14-15-6-3-2-4-7-15/h2-4,6-7,21-22H,5,8-14H2,1H3. The molecule has 2 amide bonds. The van der Waals surface area contributed by atoms with Gasteiger partial charge in [-0.25, -0.2) is 4.79 Å². The van der Waals surface area contributed by atoms with Gasteiger partial charge in [-0.2, -0.15) is 0 Å². The second kappa shape index (κ2) is 8.82. The zero-order chi connectivity index (χ0) is 18.3. The van der Waals surface area contributed by atoms with Crippen LogP contribution in [-0.4, -0.2) is 70.4 Å². The fourth-order valence-corrected chi connectivity index (χ4v) is 3.17. The van der Waals surface area contributed by atoms with E-state index >= 15 is 0 Å². The van der Waals surface area contributed by atoms with E-state index in [1.165, 1.54) is 9.80 Å². The van der Waals surface area contributed by atoms with Gasteiger partial charge in [0.2, 0.25) is 5.91 Å². The summed E-state index contributed by atoms with van der Waals surface area (Å²) in [5, 5.41) is 18.3. The Bertz CT molecular complexity index is 574. The predicted octanol–water partition coefficient (Wildman–Crippen LogP) is 0.991. The van der Waals surface area contributed by atoms with Crippen LogP contribution in [0.2, 0.25) is 0 Å². The van der Waals surface area contributed by atoms with Crippen molar-refractivity contribution in [1.29, 1.82) is 0 Å². The summed E-state index contributed by atoms with van der Waals surface area (Å²) in [4.78, 5) is 28.3. The Hall–Kier alpha value is -2.12. The van der Waals surface area contributed by atoms with Crippen LogP contribution in [0.4, 0.5) is 4.79 Å². The number of carbonyl (C=O) groups is 2. The molecule has 25 heavy (non-hydrogen) atoms. The van der Waals surface area contributed by atoms with Crippen molar-refractivity contribution in [2.24, 2.45) is 0 Å². The highest BCUT2D eigenvalue weighted by Gasteiger charge is 2.48. The van der Waals surface area contributed by atoms with E-state index in [0.717, 1.165) is 5.56 Å². The number of rotatable bonds is 7. The minimum atomic E-state index is -1.02. The van der Waals surface area contributed by atoms with E-state index in [4.69, 9.17) is 14.9 Å². The van der Waals surface area contributed by atoms with Crippen molar-refractivity contribution in [2.75, 3.05) is 32.8 Å². The van der Waals surface area contributed by atoms with Gasteiger partial charge in [-0.1, -0.05) is 30.3 Å². The largest absolute Gasteiger partial charge is 0.445 e. The van der Waals surface area contributed by atoms with Gasteiger partial charge in [-0.05, 0) is 25.3 Å². The van der Waals surface area contributed by atoms with E-state index in [9.17, 15) is 9.59 Å². The zero-order valence-electron chi connectivity index (χ0n) is 14.6. The quantitative estimate of drug-likeness (QED) is 0.765. The monoisotopic (exact) mass is 350 g/mol. The highest BCUT2D eigenvalue weighted by molar-refractivity contribution is 5.90. The summed E-state index contributed by atoms with van der Waals surface area (Å²) in [5.74, 6) is -0.273. The predicted molar refractivity (Wildman–Crippen MR) is 91.7 cm³/mol. The summed E-state index contributed by atoms with van der Waals surface area (Å²) in [6, 6.07) is 9.36. The molecule has 0 aromatic heterocycles. The van der Waals surface area contributed by atoms with E-state index < -0.39 is 11.6 Å². The molecule has 1 atom stereocenters. The van der Waals surface area contributed by atoms with Crippen LogP contribution in [0.25, 0.3) is 0 Å². The Morgan fingerprint density at radius 3 is 2.44 bits per heavy atom. The summed E-state index contributed by atoms with van der Waals surface area (Å²) in [6.45, 7) is 2.18. The Kier molecular flexibility index (Phi) is 6.78. The molecule has 0 spiro atoms. The first-order valence-electron chi connectivity index (χ1n) is 8.52. The molecule has 1 saturated heterocycles. The number of likely N-dealkylation sites (tertiary alicyclic amines) is 1. The molecule has 1 aromatic rings. The highest BCUT2D eigenvalue weighted by Crippen LogP contribution is 2.31. The van der Waals surface area contributed by atoms with Crippen molar-refractivity contribution in [3.63, 3.8) is 0 Å². The first kappa shape index (κ1) is 19.2. The maximum Gasteiger partial charge on any atom is 0.410 e.